The first-order valence-electron chi connectivity index (χ1n) is 10.8. The van der Waals surface area contributed by atoms with Crippen molar-refractivity contribution in [3.8, 4) is 0 Å². The van der Waals surface area contributed by atoms with Crippen LogP contribution in [0.1, 0.15) is 58.3 Å². The van der Waals surface area contributed by atoms with Crippen molar-refractivity contribution in [2.24, 2.45) is 10.8 Å². The quantitative estimate of drug-likeness (QED) is 0.755. The maximum Gasteiger partial charge on any atom is 0.124 e. The number of alkyl halides is 1. The van der Waals surface area contributed by atoms with E-state index in [0.717, 1.165) is 32.5 Å². The van der Waals surface area contributed by atoms with E-state index in [9.17, 15) is 0 Å². The lowest BCUT2D eigenvalue weighted by atomic mass is 9.55. The predicted molar refractivity (Wildman–Crippen MR) is 99.5 cm³/mol. The third-order valence-electron chi connectivity index (χ3n) is 8.56. The summed E-state index contributed by atoms with van der Waals surface area (Å²) in [6.07, 6.45) is 9.70. The highest BCUT2D eigenvalue weighted by atomic mass is 19.1. The first-order chi connectivity index (χ1) is 11.9. The SMILES string of the molecule is CCC1(CN2CCC3(CC2)CC(F)(CN2C4CC2CN(C)C4)C3)CC1. The zero-order chi connectivity index (χ0) is 17.3. The van der Waals surface area contributed by atoms with Crippen LogP contribution in [0.3, 0.4) is 0 Å². The molecular weight excluding hydrogens is 313 g/mol. The molecule has 2 unspecified atom stereocenters. The van der Waals surface area contributed by atoms with Crippen LogP contribution in [0, 0.1) is 10.8 Å². The first kappa shape index (κ1) is 16.9. The van der Waals surface area contributed by atoms with Gasteiger partial charge in [0.1, 0.15) is 5.67 Å². The van der Waals surface area contributed by atoms with Crippen molar-refractivity contribution in [3.05, 3.63) is 0 Å². The molecule has 3 saturated heterocycles. The van der Waals surface area contributed by atoms with Gasteiger partial charge < -0.3 is 9.80 Å². The van der Waals surface area contributed by atoms with Gasteiger partial charge in [0.15, 0.2) is 0 Å². The number of fused-ring (bicyclic) bond motifs is 2. The van der Waals surface area contributed by atoms with Gasteiger partial charge >= 0.3 is 0 Å². The first-order valence-corrected chi connectivity index (χ1v) is 10.8. The Kier molecular flexibility index (Phi) is 3.83. The van der Waals surface area contributed by atoms with Crippen molar-refractivity contribution in [2.75, 3.05) is 46.3 Å². The molecule has 3 nitrogen and oxygen atoms in total. The third-order valence-corrected chi connectivity index (χ3v) is 8.56. The number of nitrogens with zero attached hydrogens (tertiary/aromatic N) is 3. The number of rotatable bonds is 5. The lowest BCUT2D eigenvalue weighted by Crippen LogP contribution is -2.71. The van der Waals surface area contributed by atoms with Crippen LogP contribution in [0.2, 0.25) is 0 Å². The molecule has 5 fully saturated rings. The van der Waals surface area contributed by atoms with Gasteiger partial charge in [0.25, 0.3) is 0 Å². The minimum atomic E-state index is -0.879. The zero-order valence-electron chi connectivity index (χ0n) is 16.3. The van der Waals surface area contributed by atoms with Gasteiger partial charge in [-0.05, 0) is 82.3 Å². The van der Waals surface area contributed by atoms with Gasteiger partial charge in [0, 0.05) is 38.3 Å². The van der Waals surface area contributed by atoms with Crippen LogP contribution in [-0.4, -0.2) is 78.8 Å². The van der Waals surface area contributed by atoms with Gasteiger partial charge in [-0.3, -0.25) is 4.90 Å². The lowest BCUT2D eigenvalue weighted by molar-refractivity contribution is -0.153. The number of likely N-dealkylation sites (tertiary alicyclic amines) is 3. The van der Waals surface area contributed by atoms with E-state index >= 15 is 4.39 Å². The fraction of sp³-hybridized carbons (Fsp3) is 1.00. The van der Waals surface area contributed by atoms with Gasteiger partial charge in [-0.15, -0.1) is 0 Å². The average Bonchev–Trinajstić information content (AvgIpc) is 3.34. The molecule has 3 heterocycles. The molecule has 1 spiro atoms. The normalized spacial score (nSPS) is 39.0. The summed E-state index contributed by atoms with van der Waals surface area (Å²) in [4.78, 5) is 7.61. The van der Waals surface area contributed by atoms with Crippen molar-refractivity contribution in [2.45, 2.75) is 76.0 Å². The minimum Gasteiger partial charge on any atom is -0.303 e. The Hall–Kier alpha value is -0.190. The van der Waals surface area contributed by atoms with Gasteiger partial charge in [-0.1, -0.05) is 6.92 Å². The Morgan fingerprint density at radius 3 is 2.16 bits per heavy atom. The molecule has 2 bridgehead atoms. The molecule has 2 saturated carbocycles. The van der Waals surface area contributed by atoms with Crippen LogP contribution in [0.4, 0.5) is 4.39 Å². The number of likely N-dealkylation sites (N-methyl/N-ethyl adjacent to an activating group) is 1. The summed E-state index contributed by atoms with van der Waals surface area (Å²) in [5.41, 5.74) is 0.136. The zero-order valence-corrected chi connectivity index (χ0v) is 16.3. The van der Waals surface area contributed by atoms with Gasteiger partial charge in [0.05, 0.1) is 0 Å². The Bertz CT molecular complexity index is 503. The second-order valence-corrected chi connectivity index (χ2v) is 10.6. The summed E-state index contributed by atoms with van der Waals surface area (Å²) in [6, 6.07) is 1.28. The Labute approximate surface area is 152 Å². The monoisotopic (exact) mass is 349 g/mol. The summed E-state index contributed by atoms with van der Waals surface area (Å²) in [7, 11) is 2.21. The highest BCUT2D eigenvalue weighted by Crippen LogP contribution is 2.58. The Morgan fingerprint density at radius 2 is 1.60 bits per heavy atom. The summed E-state index contributed by atoms with van der Waals surface area (Å²) >= 11 is 0. The number of halogens is 1. The maximum absolute atomic E-state index is 15.4. The molecule has 0 aromatic heterocycles. The molecular formula is C21H36FN3. The van der Waals surface area contributed by atoms with E-state index in [2.05, 4.69) is 28.7 Å². The summed E-state index contributed by atoms with van der Waals surface area (Å²) in [5, 5.41) is 0. The van der Waals surface area contributed by atoms with Crippen LogP contribution < -0.4 is 0 Å². The van der Waals surface area contributed by atoms with Crippen LogP contribution in [0.15, 0.2) is 0 Å². The number of piperazine rings is 1. The molecule has 0 aromatic carbocycles. The van der Waals surface area contributed by atoms with Crippen molar-refractivity contribution >= 4 is 0 Å². The van der Waals surface area contributed by atoms with Gasteiger partial charge in [-0.25, -0.2) is 4.39 Å². The van der Waals surface area contributed by atoms with E-state index < -0.39 is 5.67 Å². The molecule has 25 heavy (non-hydrogen) atoms. The van der Waals surface area contributed by atoms with Crippen molar-refractivity contribution in [1.82, 2.24) is 14.7 Å². The van der Waals surface area contributed by atoms with Gasteiger partial charge in [-0.2, -0.15) is 0 Å². The molecule has 2 aliphatic carbocycles. The second kappa shape index (κ2) is 5.65. The van der Waals surface area contributed by atoms with Crippen molar-refractivity contribution in [1.29, 1.82) is 0 Å². The molecule has 4 heteroatoms. The maximum atomic E-state index is 15.4. The van der Waals surface area contributed by atoms with E-state index in [4.69, 9.17) is 0 Å². The van der Waals surface area contributed by atoms with E-state index in [0.29, 0.717) is 22.9 Å². The predicted octanol–water partition coefficient (Wildman–Crippen LogP) is 3.15. The molecule has 3 aliphatic heterocycles. The fourth-order valence-corrected chi connectivity index (χ4v) is 6.70. The van der Waals surface area contributed by atoms with E-state index in [1.165, 1.54) is 58.2 Å². The molecule has 2 atom stereocenters. The minimum absolute atomic E-state index is 0.352. The van der Waals surface area contributed by atoms with E-state index in [1.807, 2.05) is 0 Å². The molecule has 142 valence electrons. The topological polar surface area (TPSA) is 9.72 Å². The van der Waals surface area contributed by atoms with Crippen molar-refractivity contribution < 1.29 is 4.39 Å². The van der Waals surface area contributed by atoms with E-state index in [1.54, 1.807) is 0 Å². The molecule has 0 radical (unpaired) electrons. The standard InChI is InChI=1S/C21H36FN3/c1-3-19(4-5-19)15-24-8-6-20(7-9-24)13-21(22,14-20)16-25-17-10-18(25)12-23(2)11-17/h17-18H,3-16H2,1-2H3. The highest BCUT2D eigenvalue weighted by Gasteiger charge is 2.58. The smallest absolute Gasteiger partial charge is 0.124 e. The second-order valence-electron chi connectivity index (χ2n) is 10.6. The number of hydrogen-bond donors (Lipinski definition) is 0. The average molecular weight is 350 g/mol. The molecule has 0 aromatic rings. The fourth-order valence-electron chi connectivity index (χ4n) is 6.70. The summed E-state index contributed by atoms with van der Waals surface area (Å²) in [5.74, 6) is 0. The third kappa shape index (κ3) is 2.96. The van der Waals surface area contributed by atoms with Crippen LogP contribution in [-0.2, 0) is 0 Å². The van der Waals surface area contributed by atoms with Gasteiger partial charge in [0.2, 0.25) is 0 Å². The van der Waals surface area contributed by atoms with Crippen LogP contribution >= 0.6 is 0 Å². The summed E-state index contributed by atoms with van der Waals surface area (Å²) in [6.45, 7) is 9.11. The lowest BCUT2D eigenvalue weighted by Gasteiger charge is -2.61. The molecule has 5 rings (SSSR count). The van der Waals surface area contributed by atoms with E-state index in [-0.39, 0.29) is 0 Å². The Morgan fingerprint density at radius 1 is 0.960 bits per heavy atom. The van der Waals surface area contributed by atoms with Crippen LogP contribution in [0.5, 0.6) is 0 Å². The highest BCUT2D eigenvalue weighted by molar-refractivity contribution is 5.11. The molecule has 5 aliphatic rings. The number of piperidine rings is 2. The Balaban J connectivity index is 1.11. The largest absolute Gasteiger partial charge is 0.303 e. The van der Waals surface area contributed by atoms with Crippen molar-refractivity contribution in [3.63, 3.8) is 0 Å². The summed E-state index contributed by atoms with van der Waals surface area (Å²) < 4.78 is 15.4. The van der Waals surface area contributed by atoms with Crippen LogP contribution in [0.25, 0.3) is 0 Å². The molecule has 0 amide bonds. The number of hydrogen-bond acceptors (Lipinski definition) is 3. The molecule has 0 N–H and O–H groups in total.